The Kier molecular flexibility index (Phi) is 5.18. The zero-order chi connectivity index (χ0) is 14.4. The van der Waals surface area contributed by atoms with E-state index in [0.717, 1.165) is 42.4 Å². The van der Waals surface area contributed by atoms with Gasteiger partial charge in [0.05, 0.1) is 0 Å². The second kappa shape index (κ2) is 7.10. The molecule has 0 aliphatic carbocycles. The molecule has 4 heteroatoms. The smallest absolute Gasteiger partial charge is 0.133 e. The normalized spacial score (nSPS) is 12.5. The fourth-order valence-corrected chi connectivity index (χ4v) is 2.48. The van der Waals surface area contributed by atoms with Crippen LogP contribution in [0.15, 0.2) is 30.5 Å². The minimum atomic E-state index is 0.218. The summed E-state index contributed by atoms with van der Waals surface area (Å²) in [6, 6.07) is 7.22. The Morgan fingerprint density at radius 3 is 2.85 bits per heavy atom. The molecular weight excluding hydrogens is 252 g/mol. The van der Waals surface area contributed by atoms with Crippen molar-refractivity contribution in [2.24, 2.45) is 5.92 Å². The molecule has 1 unspecified atom stereocenters. The number of nitrogens with zero attached hydrogens (tertiary/aromatic N) is 1. The number of hydrogen-bond acceptors (Lipinski definition) is 4. The highest BCUT2D eigenvalue weighted by Gasteiger charge is 2.09. The van der Waals surface area contributed by atoms with Crippen LogP contribution in [0.2, 0.25) is 0 Å². The van der Waals surface area contributed by atoms with Crippen molar-refractivity contribution in [3.8, 4) is 5.75 Å². The van der Waals surface area contributed by atoms with Crippen molar-refractivity contribution in [3.63, 3.8) is 0 Å². The largest absolute Gasteiger partial charge is 0.508 e. The topological polar surface area (TPSA) is 65.4 Å². The van der Waals surface area contributed by atoms with Crippen LogP contribution in [0.1, 0.15) is 26.2 Å². The monoisotopic (exact) mass is 274 g/mol. The zero-order valence-corrected chi connectivity index (χ0v) is 11.8. The molecule has 0 aliphatic rings. The van der Waals surface area contributed by atoms with E-state index >= 15 is 0 Å². The number of pyridine rings is 1. The summed E-state index contributed by atoms with van der Waals surface area (Å²) >= 11 is 0. The molecule has 0 radical (unpaired) electrons. The number of fused-ring (bicyclic) bond motifs is 1. The first-order chi connectivity index (χ1) is 9.74. The molecule has 1 atom stereocenters. The third-order valence-electron chi connectivity index (χ3n) is 3.54. The van der Waals surface area contributed by atoms with Crippen LogP contribution in [0, 0.1) is 5.92 Å². The van der Waals surface area contributed by atoms with Crippen LogP contribution < -0.4 is 5.32 Å². The number of aromatic nitrogens is 1. The van der Waals surface area contributed by atoms with Crippen LogP contribution in [0.3, 0.4) is 0 Å². The first kappa shape index (κ1) is 14.6. The number of nitrogens with one attached hydrogen (secondary N) is 1. The Morgan fingerprint density at radius 2 is 2.10 bits per heavy atom. The van der Waals surface area contributed by atoms with Gasteiger partial charge in [-0.3, -0.25) is 0 Å². The van der Waals surface area contributed by atoms with Gasteiger partial charge in [0.1, 0.15) is 11.6 Å². The highest BCUT2D eigenvalue weighted by molar-refractivity contribution is 5.92. The average Bonchev–Trinajstić information content (AvgIpc) is 2.45. The molecule has 0 spiro atoms. The van der Waals surface area contributed by atoms with Gasteiger partial charge < -0.3 is 15.5 Å². The second-order valence-corrected chi connectivity index (χ2v) is 5.11. The van der Waals surface area contributed by atoms with Crippen molar-refractivity contribution < 1.29 is 10.2 Å². The maximum atomic E-state index is 9.61. The molecule has 20 heavy (non-hydrogen) atoms. The fraction of sp³-hybridized carbons (Fsp3) is 0.438. The lowest BCUT2D eigenvalue weighted by molar-refractivity contribution is 0.255. The van der Waals surface area contributed by atoms with Gasteiger partial charge in [-0.2, -0.15) is 0 Å². The van der Waals surface area contributed by atoms with Crippen molar-refractivity contribution >= 4 is 16.6 Å². The van der Waals surface area contributed by atoms with Crippen molar-refractivity contribution in [2.45, 2.75) is 26.2 Å². The van der Waals surface area contributed by atoms with Crippen molar-refractivity contribution in [1.29, 1.82) is 0 Å². The zero-order valence-electron chi connectivity index (χ0n) is 11.8. The molecule has 0 saturated heterocycles. The minimum absolute atomic E-state index is 0.218. The molecule has 4 nitrogen and oxygen atoms in total. The summed E-state index contributed by atoms with van der Waals surface area (Å²) in [5.74, 6) is 1.48. The van der Waals surface area contributed by atoms with Crippen LogP contribution >= 0.6 is 0 Å². The van der Waals surface area contributed by atoms with Crippen LogP contribution in [0.4, 0.5) is 5.82 Å². The second-order valence-electron chi connectivity index (χ2n) is 5.11. The molecule has 0 bridgehead atoms. The van der Waals surface area contributed by atoms with E-state index in [4.69, 9.17) is 5.11 Å². The third kappa shape index (κ3) is 3.61. The Morgan fingerprint density at radius 1 is 1.25 bits per heavy atom. The van der Waals surface area contributed by atoms with Crippen molar-refractivity contribution in [3.05, 3.63) is 30.5 Å². The molecule has 1 aromatic carbocycles. The molecule has 0 fully saturated rings. The molecule has 1 heterocycles. The van der Waals surface area contributed by atoms with Crippen LogP contribution in [-0.2, 0) is 0 Å². The van der Waals surface area contributed by atoms with Gasteiger partial charge in [0.15, 0.2) is 0 Å². The van der Waals surface area contributed by atoms with Crippen LogP contribution in [-0.4, -0.2) is 28.3 Å². The number of aliphatic hydroxyl groups is 1. The summed E-state index contributed by atoms with van der Waals surface area (Å²) < 4.78 is 0. The fourth-order valence-electron chi connectivity index (χ4n) is 2.48. The highest BCUT2D eigenvalue weighted by Crippen LogP contribution is 2.25. The van der Waals surface area contributed by atoms with Crippen LogP contribution in [0.25, 0.3) is 10.8 Å². The lowest BCUT2D eigenvalue weighted by atomic mass is 10.00. The van der Waals surface area contributed by atoms with E-state index < -0.39 is 0 Å². The number of aliphatic hydroxyl groups excluding tert-OH is 1. The number of anilines is 1. The SMILES string of the molecule is CCCC(CCO)CNc1nccc2ccc(O)cc12. The van der Waals surface area contributed by atoms with Gasteiger partial charge in [0, 0.05) is 24.7 Å². The molecule has 3 N–H and O–H groups in total. The summed E-state index contributed by atoms with van der Waals surface area (Å²) in [4.78, 5) is 4.36. The average molecular weight is 274 g/mol. The minimum Gasteiger partial charge on any atom is -0.508 e. The van der Waals surface area contributed by atoms with Gasteiger partial charge in [-0.15, -0.1) is 0 Å². The standard InChI is InChI=1S/C16H22N2O2/c1-2-3-12(7-9-19)11-18-16-15-10-14(20)5-4-13(15)6-8-17-16/h4-6,8,10,12,19-20H,2-3,7,9,11H2,1H3,(H,17,18). The van der Waals surface area contributed by atoms with Gasteiger partial charge in [0.25, 0.3) is 0 Å². The van der Waals surface area contributed by atoms with E-state index in [2.05, 4.69) is 17.2 Å². The maximum Gasteiger partial charge on any atom is 0.133 e. The lowest BCUT2D eigenvalue weighted by Crippen LogP contribution is -2.16. The summed E-state index contributed by atoms with van der Waals surface area (Å²) in [6.07, 6.45) is 4.76. The van der Waals surface area contributed by atoms with E-state index in [0.29, 0.717) is 5.92 Å². The van der Waals surface area contributed by atoms with Gasteiger partial charge in [-0.1, -0.05) is 19.4 Å². The molecule has 0 saturated carbocycles. The van der Waals surface area contributed by atoms with Crippen LogP contribution in [0.5, 0.6) is 5.75 Å². The van der Waals surface area contributed by atoms with Crippen molar-refractivity contribution in [2.75, 3.05) is 18.5 Å². The van der Waals surface area contributed by atoms with Gasteiger partial charge in [-0.25, -0.2) is 4.98 Å². The quantitative estimate of drug-likeness (QED) is 0.725. The van der Waals surface area contributed by atoms with E-state index in [-0.39, 0.29) is 12.4 Å². The first-order valence-corrected chi connectivity index (χ1v) is 7.17. The molecule has 0 aliphatic heterocycles. The molecule has 2 rings (SSSR count). The molecule has 0 amide bonds. The Labute approximate surface area is 119 Å². The van der Waals surface area contributed by atoms with Gasteiger partial charge in [-0.05, 0) is 42.3 Å². The molecule has 2 aromatic rings. The Balaban J connectivity index is 2.14. The molecule has 1 aromatic heterocycles. The van der Waals surface area contributed by atoms with Crippen molar-refractivity contribution in [1.82, 2.24) is 4.98 Å². The van der Waals surface area contributed by atoms with E-state index in [1.54, 1.807) is 18.3 Å². The first-order valence-electron chi connectivity index (χ1n) is 7.17. The van der Waals surface area contributed by atoms with Gasteiger partial charge in [0.2, 0.25) is 0 Å². The van der Waals surface area contributed by atoms with E-state index in [1.807, 2.05) is 12.1 Å². The summed E-state index contributed by atoms with van der Waals surface area (Å²) in [6.45, 7) is 3.16. The number of benzene rings is 1. The summed E-state index contributed by atoms with van der Waals surface area (Å²) in [7, 11) is 0. The predicted molar refractivity (Wildman–Crippen MR) is 82.0 cm³/mol. The molecule has 108 valence electrons. The number of hydrogen-bond donors (Lipinski definition) is 3. The van der Waals surface area contributed by atoms with E-state index in [9.17, 15) is 5.11 Å². The number of phenolic OH excluding ortho intramolecular Hbond substituents is 1. The molecular formula is C16H22N2O2. The van der Waals surface area contributed by atoms with Gasteiger partial charge >= 0.3 is 0 Å². The Hall–Kier alpha value is -1.81. The number of phenols is 1. The number of aromatic hydroxyl groups is 1. The summed E-state index contributed by atoms with van der Waals surface area (Å²) in [5.41, 5.74) is 0. The lowest BCUT2D eigenvalue weighted by Gasteiger charge is -2.17. The van der Waals surface area contributed by atoms with E-state index in [1.165, 1.54) is 0 Å². The summed E-state index contributed by atoms with van der Waals surface area (Å²) in [5, 5.41) is 24.0. The number of rotatable bonds is 7. The third-order valence-corrected chi connectivity index (χ3v) is 3.54. The highest BCUT2D eigenvalue weighted by atomic mass is 16.3. The maximum absolute atomic E-state index is 9.61. The predicted octanol–water partition coefficient (Wildman–Crippen LogP) is 3.15. The Bertz CT molecular complexity index is 551.